The Labute approximate surface area is 172 Å². The molecule has 0 radical (unpaired) electrons. The molecule has 0 bridgehead atoms. The normalized spacial score (nSPS) is 11.5. The first-order valence-corrected chi connectivity index (χ1v) is 11.5. The molecule has 0 aliphatic rings. The molecule has 0 heterocycles. The monoisotopic (exact) mass is 394 g/mol. The minimum atomic E-state index is -3.05. The zero-order chi connectivity index (χ0) is 20.4. The molecule has 4 aromatic carbocycles. The van der Waals surface area contributed by atoms with Gasteiger partial charge in [-0.05, 0) is 34.4 Å². The summed E-state index contributed by atoms with van der Waals surface area (Å²) in [7, 11) is -3.05. The first kappa shape index (κ1) is 19.3. The largest absolute Gasteiger partial charge is 0.309 e. The van der Waals surface area contributed by atoms with E-state index in [4.69, 9.17) is 6.42 Å². The highest BCUT2D eigenvalue weighted by Crippen LogP contribution is 2.46. The van der Waals surface area contributed by atoms with Gasteiger partial charge in [0.05, 0.1) is 0 Å². The Bertz CT molecular complexity index is 1200. The molecule has 1 nitrogen and oxygen atoms in total. The average Bonchev–Trinajstić information content (AvgIpc) is 2.78. The van der Waals surface area contributed by atoms with Gasteiger partial charge in [-0.1, -0.05) is 98.6 Å². The number of fused-ring (bicyclic) bond motifs is 1. The molecule has 0 aromatic heterocycles. The number of benzene rings is 4. The van der Waals surface area contributed by atoms with Gasteiger partial charge >= 0.3 is 0 Å². The van der Waals surface area contributed by atoms with Gasteiger partial charge in [-0.2, -0.15) is 0 Å². The van der Waals surface area contributed by atoms with Crippen LogP contribution in [0.1, 0.15) is 30.9 Å². The van der Waals surface area contributed by atoms with Crippen molar-refractivity contribution in [2.45, 2.75) is 19.8 Å². The fraction of sp³-hybridized carbons (Fsp3) is 0.111. The van der Waals surface area contributed by atoms with Crippen LogP contribution < -0.4 is 15.9 Å². The summed E-state index contributed by atoms with van der Waals surface area (Å²) < 4.78 is 14.9. The van der Waals surface area contributed by atoms with E-state index in [9.17, 15) is 4.57 Å². The lowest BCUT2D eigenvalue weighted by molar-refractivity contribution is 0.592. The van der Waals surface area contributed by atoms with Gasteiger partial charge in [0.1, 0.15) is 0 Å². The van der Waals surface area contributed by atoms with Crippen LogP contribution in [0.25, 0.3) is 10.8 Å². The SMILES string of the molecule is C#Cc1cccc2c(C(C)C)c(P(=O)(c3ccccc3)c3ccccc3)ccc12. The summed E-state index contributed by atoms with van der Waals surface area (Å²) in [5, 5.41) is 4.71. The van der Waals surface area contributed by atoms with Gasteiger partial charge in [0.2, 0.25) is 0 Å². The average molecular weight is 394 g/mol. The van der Waals surface area contributed by atoms with E-state index >= 15 is 0 Å². The quantitative estimate of drug-likeness (QED) is 0.326. The molecule has 0 amide bonds. The third kappa shape index (κ3) is 3.21. The van der Waals surface area contributed by atoms with Gasteiger partial charge in [0.25, 0.3) is 0 Å². The molecule has 0 unspecified atom stereocenters. The Hall–Kier alpha value is -3.07. The summed E-state index contributed by atoms with van der Waals surface area (Å²) in [5.41, 5.74) is 1.97. The first-order chi connectivity index (χ1) is 14.1. The maximum Gasteiger partial charge on any atom is 0.171 e. The standard InChI is InChI=1S/C27H23OP/c1-4-21-12-11-17-25-24(21)18-19-26(27(25)20(2)3)29(28,22-13-7-5-8-14-22)23-15-9-6-10-16-23/h1,5-20H,2-3H3. The van der Waals surface area contributed by atoms with Crippen molar-refractivity contribution in [3.63, 3.8) is 0 Å². The summed E-state index contributed by atoms with van der Waals surface area (Å²) in [4.78, 5) is 0. The molecule has 0 aliphatic carbocycles. The highest BCUT2D eigenvalue weighted by atomic mass is 31.2. The van der Waals surface area contributed by atoms with E-state index in [1.54, 1.807) is 0 Å². The Balaban J connectivity index is 2.14. The summed E-state index contributed by atoms with van der Waals surface area (Å²) >= 11 is 0. The summed E-state index contributed by atoms with van der Waals surface area (Å²) in [6.45, 7) is 4.31. The minimum absolute atomic E-state index is 0.197. The molecule has 0 atom stereocenters. The molecule has 0 spiro atoms. The summed E-state index contributed by atoms with van der Waals surface area (Å²) in [5.74, 6) is 2.99. The van der Waals surface area contributed by atoms with E-state index in [2.05, 4.69) is 25.8 Å². The van der Waals surface area contributed by atoms with Gasteiger partial charge in [-0.15, -0.1) is 6.42 Å². The maximum atomic E-state index is 14.9. The first-order valence-electron chi connectivity index (χ1n) is 9.81. The van der Waals surface area contributed by atoms with E-state index in [-0.39, 0.29) is 5.92 Å². The predicted molar refractivity (Wildman–Crippen MR) is 125 cm³/mol. The van der Waals surface area contributed by atoms with E-state index in [0.29, 0.717) is 0 Å². The molecule has 0 N–H and O–H groups in total. The van der Waals surface area contributed by atoms with E-state index < -0.39 is 7.14 Å². The third-order valence-corrected chi connectivity index (χ3v) is 8.51. The summed E-state index contributed by atoms with van der Waals surface area (Å²) in [6, 6.07) is 29.7. The highest BCUT2D eigenvalue weighted by Gasteiger charge is 2.33. The van der Waals surface area contributed by atoms with Crippen LogP contribution in [0.3, 0.4) is 0 Å². The van der Waals surface area contributed by atoms with Crippen molar-refractivity contribution >= 4 is 33.8 Å². The smallest absolute Gasteiger partial charge is 0.171 e. The molecule has 4 aromatic rings. The van der Waals surface area contributed by atoms with E-state index in [1.165, 1.54) is 0 Å². The van der Waals surface area contributed by atoms with Gasteiger partial charge in [0, 0.05) is 21.5 Å². The number of rotatable bonds is 4. The second kappa shape index (κ2) is 7.75. The zero-order valence-electron chi connectivity index (χ0n) is 16.7. The van der Waals surface area contributed by atoms with Crippen LogP contribution in [-0.4, -0.2) is 0 Å². The van der Waals surface area contributed by atoms with Crippen molar-refractivity contribution in [3.05, 3.63) is 102 Å². The van der Waals surface area contributed by atoms with Crippen molar-refractivity contribution in [2.75, 3.05) is 0 Å². The van der Waals surface area contributed by atoms with Crippen molar-refractivity contribution in [2.24, 2.45) is 0 Å². The predicted octanol–water partition coefficient (Wildman–Crippen LogP) is 5.58. The third-order valence-electron chi connectivity index (χ3n) is 5.39. The second-order valence-electron chi connectivity index (χ2n) is 7.48. The molecular weight excluding hydrogens is 371 g/mol. The fourth-order valence-corrected chi connectivity index (χ4v) is 7.12. The van der Waals surface area contributed by atoms with Gasteiger partial charge in [-0.25, -0.2) is 0 Å². The van der Waals surface area contributed by atoms with Crippen molar-refractivity contribution in [3.8, 4) is 12.3 Å². The molecule has 4 rings (SSSR count). The Morgan fingerprint density at radius 2 is 1.31 bits per heavy atom. The highest BCUT2D eigenvalue weighted by molar-refractivity contribution is 7.85. The van der Waals surface area contributed by atoms with Crippen LogP contribution in [-0.2, 0) is 4.57 Å². The van der Waals surface area contributed by atoms with E-state index in [1.807, 2.05) is 84.9 Å². The van der Waals surface area contributed by atoms with Crippen molar-refractivity contribution in [1.29, 1.82) is 0 Å². The van der Waals surface area contributed by atoms with Crippen molar-refractivity contribution < 1.29 is 4.57 Å². The van der Waals surface area contributed by atoms with Crippen LogP contribution in [0, 0.1) is 12.3 Å². The molecule has 2 heteroatoms. The Morgan fingerprint density at radius 3 is 1.83 bits per heavy atom. The number of hydrogen-bond donors (Lipinski definition) is 0. The lowest BCUT2D eigenvalue weighted by Gasteiger charge is -2.25. The number of terminal acetylenes is 1. The van der Waals surface area contributed by atoms with Crippen LogP contribution in [0.2, 0.25) is 0 Å². The molecular formula is C27H23OP. The molecule has 0 saturated carbocycles. The van der Waals surface area contributed by atoms with Crippen LogP contribution >= 0.6 is 7.14 Å². The zero-order valence-corrected chi connectivity index (χ0v) is 17.6. The van der Waals surface area contributed by atoms with Crippen LogP contribution in [0.5, 0.6) is 0 Å². The lowest BCUT2D eigenvalue weighted by atomic mass is 9.94. The molecule has 0 saturated heterocycles. The van der Waals surface area contributed by atoms with Crippen LogP contribution in [0.15, 0.2) is 91.0 Å². The van der Waals surface area contributed by atoms with E-state index in [0.717, 1.165) is 37.8 Å². The minimum Gasteiger partial charge on any atom is -0.309 e. The molecule has 29 heavy (non-hydrogen) atoms. The van der Waals surface area contributed by atoms with Gasteiger partial charge in [-0.3, -0.25) is 0 Å². The maximum absolute atomic E-state index is 14.9. The Morgan fingerprint density at radius 1 is 0.724 bits per heavy atom. The Kier molecular flexibility index (Phi) is 5.14. The van der Waals surface area contributed by atoms with Gasteiger partial charge in [0.15, 0.2) is 7.14 Å². The topological polar surface area (TPSA) is 17.1 Å². The molecule has 0 fully saturated rings. The molecule has 0 aliphatic heterocycles. The van der Waals surface area contributed by atoms with Gasteiger partial charge < -0.3 is 4.57 Å². The fourth-order valence-electron chi connectivity index (χ4n) is 4.08. The van der Waals surface area contributed by atoms with Crippen molar-refractivity contribution in [1.82, 2.24) is 0 Å². The summed E-state index contributed by atoms with van der Waals surface area (Å²) in [6.07, 6.45) is 5.74. The molecule has 142 valence electrons. The lowest BCUT2D eigenvalue weighted by Crippen LogP contribution is -2.28. The number of hydrogen-bond acceptors (Lipinski definition) is 1. The second-order valence-corrected chi connectivity index (χ2v) is 10.2. The van der Waals surface area contributed by atoms with Crippen LogP contribution in [0.4, 0.5) is 0 Å².